The smallest absolute Gasteiger partial charge is 0.418 e. The third-order valence-corrected chi connectivity index (χ3v) is 2.26. The van der Waals surface area contributed by atoms with Crippen molar-refractivity contribution in [1.29, 1.82) is 0 Å². The predicted molar refractivity (Wildman–Crippen MR) is 52.0 cm³/mol. The summed E-state index contributed by atoms with van der Waals surface area (Å²) < 4.78 is 39.2. The molecule has 0 unspecified atom stereocenters. The lowest BCUT2D eigenvalue weighted by Crippen LogP contribution is -2.10. The molecule has 1 heterocycles. The lowest BCUT2D eigenvalue weighted by Gasteiger charge is -2.15. The van der Waals surface area contributed by atoms with E-state index >= 15 is 0 Å². The highest BCUT2D eigenvalue weighted by atomic mass is 32.1. The van der Waals surface area contributed by atoms with Crippen LogP contribution in [0.5, 0.6) is 0 Å². The van der Waals surface area contributed by atoms with E-state index in [1.165, 1.54) is 18.2 Å². The molecule has 7 heteroatoms. The molecule has 2 rings (SSSR count). The molecule has 84 valence electrons. The topological polar surface area (TPSA) is 30.7 Å². The first kappa shape index (κ1) is 10.9. The van der Waals surface area contributed by atoms with Gasteiger partial charge in [-0.2, -0.15) is 18.3 Å². The van der Waals surface area contributed by atoms with E-state index in [1.54, 1.807) is 0 Å². The third-order valence-electron chi connectivity index (χ3n) is 1.99. The number of hydrogen-bond acceptors (Lipinski definition) is 3. The number of benzene rings is 1. The van der Waals surface area contributed by atoms with Gasteiger partial charge in [0.1, 0.15) is 6.33 Å². The Balaban J connectivity index is 2.62. The zero-order chi connectivity index (χ0) is 11.8. The normalized spacial score (nSPS) is 11.7. The summed E-state index contributed by atoms with van der Waals surface area (Å²) in [6.07, 6.45) is -3.27. The van der Waals surface area contributed by atoms with E-state index in [1.807, 2.05) is 0 Å². The van der Waals surface area contributed by atoms with Crippen LogP contribution >= 0.6 is 0 Å². The van der Waals surface area contributed by atoms with Crippen LogP contribution in [0.15, 0.2) is 35.7 Å². The Morgan fingerprint density at radius 3 is 2.44 bits per heavy atom. The number of hydrogen-bond donors (Lipinski definition) is 0. The second-order valence-electron chi connectivity index (χ2n) is 3.00. The van der Waals surface area contributed by atoms with Crippen LogP contribution in [0.25, 0.3) is 5.69 Å². The van der Waals surface area contributed by atoms with Gasteiger partial charge in [-0.3, -0.25) is 0 Å². The quantitative estimate of drug-likeness (QED) is 0.720. The summed E-state index contributed by atoms with van der Waals surface area (Å²) in [6.45, 7) is 0. The molecule has 1 aromatic carbocycles. The number of aromatic nitrogens is 3. The van der Waals surface area contributed by atoms with Gasteiger partial charge in [-0.05, 0) is 12.1 Å². The number of para-hydroxylation sites is 1. The Kier molecular flexibility index (Phi) is 2.55. The van der Waals surface area contributed by atoms with Crippen LogP contribution < -0.4 is 0 Å². The van der Waals surface area contributed by atoms with E-state index in [9.17, 15) is 13.2 Å². The minimum atomic E-state index is -4.43. The highest BCUT2D eigenvalue weighted by molar-refractivity contribution is 7.58. The molecule has 0 aliphatic carbocycles. The van der Waals surface area contributed by atoms with Crippen LogP contribution in [0.1, 0.15) is 5.56 Å². The molecule has 3 nitrogen and oxygen atoms in total. The standard InChI is InChI=1S/C9H6F3N3S/c10-9(11,12)6-3-1-2-4-7(6)15-5-13-14-8(15)16/h1-5H,(H,14,16)/p-1. The highest BCUT2D eigenvalue weighted by Gasteiger charge is 2.33. The maximum absolute atomic E-state index is 12.7. The van der Waals surface area contributed by atoms with Gasteiger partial charge >= 0.3 is 6.18 Å². The van der Waals surface area contributed by atoms with Crippen molar-refractivity contribution in [1.82, 2.24) is 14.8 Å². The first-order valence-electron chi connectivity index (χ1n) is 4.24. The van der Waals surface area contributed by atoms with Crippen molar-refractivity contribution in [2.75, 3.05) is 0 Å². The van der Waals surface area contributed by atoms with E-state index in [4.69, 9.17) is 12.6 Å². The molecule has 0 fully saturated rings. The van der Waals surface area contributed by atoms with Crippen LogP contribution in [-0.2, 0) is 18.8 Å². The molecule has 0 radical (unpaired) electrons. The summed E-state index contributed by atoms with van der Waals surface area (Å²) in [5.74, 6) is 0. The fraction of sp³-hybridized carbons (Fsp3) is 0.111. The maximum Gasteiger partial charge on any atom is 0.418 e. The van der Waals surface area contributed by atoms with Crippen LogP contribution in [0, 0.1) is 0 Å². The first-order valence-corrected chi connectivity index (χ1v) is 4.64. The molecule has 0 spiro atoms. The van der Waals surface area contributed by atoms with E-state index in [0.29, 0.717) is 0 Å². The molecule has 16 heavy (non-hydrogen) atoms. The summed E-state index contributed by atoms with van der Waals surface area (Å²) in [6, 6.07) is 5.13. The maximum atomic E-state index is 12.7. The van der Waals surface area contributed by atoms with E-state index < -0.39 is 11.7 Å². The minimum absolute atomic E-state index is 0.00306. The van der Waals surface area contributed by atoms with E-state index in [-0.39, 0.29) is 10.8 Å². The van der Waals surface area contributed by atoms with Crippen molar-refractivity contribution in [3.63, 3.8) is 0 Å². The largest absolute Gasteiger partial charge is 0.740 e. The van der Waals surface area contributed by atoms with Crippen LogP contribution in [0.4, 0.5) is 13.2 Å². The SMILES string of the molecule is FC(F)(F)c1ccccc1-n1cnnc1[S-]. The van der Waals surface area contributed by atoms with Crippen molar-refractivity contribution < 1.29 is 13.2 Å². The fourth-order valence-electron chi connectivity index (χ4n) is 1.31. The Labute approximate surface area is 94.3 Å². The second kappa shape index (κ2) is 3.75. The van der Waals surface area contributed by atoms with E-state index in [0.717, 1.165) is 17.0 Å². The molecular weight excluding hydrogens is 239 g/mol. The van der Waals surface area contributed by atoms with E-state index in [2.05, 4.69) is 10.2 Å². The number of halogens is 3. The van der Waals surface area contributed by atoms with Gasteiger partial charge in [0.15, 0.2) is 0 Å². The Hall–Kier alpha value is -1.63. The van der Waals surface area contributed by atoms with Gasteiger partial charge in [-0.15, -0.1) is 5.10 Å². The summed E-state index contributed by atoms with van der Waals surface area (Å²) in [5.41, 5.74) is -0.828. The molecule has 0 aliphatic rings. The van der Waals surface area contributed by atoms with Gasteiger partial charge in [0, 0.05) is 5.16 Å². The Morgan fingerprint density at radius 2 is 1.88 bits per heavy atom. The van der Waals surface area contributed by atoms with Crippen LogP contribution in [0.3, 0.4) is 0 Å². The van der Waals surface area contributed by atoms with Crippen molar-refractivity contribution in [2.24, 2.45) is 0 Å². The molecular formula is C9H5F3N3S-. The molecule has 0 bridgehead atoms. The highest BCUT2D eigenvalue weighted by Crippen LogP contribution is 2.33. The summed E-state index contributed by atoms with van der Waals surface area (Å²) >= 11 is 4.77. The van der Waals surface area contributed by atoms with Gasteiger partial charge in [-0.1, -0.05) is 12.1 Å². The fourth-order valence-corrected chi connectivity index (χ4v) is 1.51. The van der Waals surface area contributed by atoms with Gasteiger partial charge < -0.3 is 17.2 Å². The molecule has 0 N–H and O–H groups in total. The average Bonchev–Trinajstić information content (AvgIpc) is 2.63. The van der Waals surface area contributed by atoms with Gasteiger partial charge in [0.05, 0.1) is 11.3 Å². The zero-order valence-electron chi connectivity index (χ0n) is 7.77. The van der Waals surface area contributed by atoms with Crippen molar-refractivity contribution in [2.45, 2.75) is 11.3 Å². The number of alkyl halides is 3. The van der Waals surface area contributed by atoms with Gasteiger partial charge in [0.25, 0.3) is 0 Å². The van der Waals surface area contributed by atoms with Gasteiger partial charge in [-0.25, -0.2) is 0 Å². The van der Waals surface area contributed by atoms with Crippen molar-refractivity contribution in [3.05, 3.63) is 36.2 Å². The third kappa shape index (κ3) is 1.85. The predicted octanol–water partition coefficient (Wildman–Crippen LogP) is 2.19. The summed E-state index contributed by atoms with van der Waals surface area (Å²) in [7, 11) is 0. The van der Waals surface area contributed by atoms with Gasteiger partial charge in [0.2, 0.25) is 0 Å². The van der Waals surface area contributed by atoms with Crippen molar-refractivity contribution >= 4 is 12.6 Å². The summed E-state index contributed by atoms with van der Waals surface area (Å²) in [4.78, 5) is 0. The Bertz CT molecular complexity index is 507. The van der Waals surface area contributed by atoms with Crippen LogP contribution in [-0.4, -0.2) is 14.8 Å². The molecule has 0 saturated carbocycles. The van der Waals surface area contributed by atoms with Crippen molar-refractivity contribution in [3.8, 4) is 5.69 Å². The lowest BCUT2D eigenvalue weighted by molar-refractivity contribution is -0.137. The Morgan fingerprint density at radius 1 is 1.19 bits per heavy atom. The lowest BCUT2D eigenvalue weighted by atomic mass is 10.1. The number of nitrogens with zero attached hydrogens (tertiary/aromatic N) is 3. The molecule has 0 saturated heterocycles. The molecule has 0 atom stereocenters. The second-order valence-corrected chi connectivity index (χ2v) is 3.36. The molecule has 0 aliphatic heterocycles. The monoisotopic (exact) mass is 244 g/mol. The summed E-state index contributed by atoms with van der Waals surface area (Å²) in [5, 5.41) is 6.94. The molecule has 0 amide bonds. The average molecular weight is 244 g/mol. The molecule has 1 aromatic heterocycles. The first-order chi connectivity index (χ1) is 7.50. The minimum Gasteiger partial charge on any atom is -0.740 e. The zero-order valence-corrected chi connectivity index (χ0v) is 8.59. The number of rotatable bonds is 1. The molecule has 2 aromatic rings. The van der Waals surface area contributed by atoms with Crippen LogP contribution in [0.2, 0.25) is 0 Å².